The van der Waals surface area contributed by atoms with Gasteiger partial charge in [-0.15, -0.1) is 0 Å². The Labute approximate surface area is 76.4 Å². The van der Waals surface area contributed by atoms with Gasteiger partial charge in [0, 0.05) is 12.8 Å². The van der Waals surface area contributed by atoms with Crippen molar-refractivity contribution in [3.05, 3.63) is 5.21 Å². The van der Waals surface area contributed by atoms with E-state index in [0.29, 0.717) is 0 Å². The summed E-state index contributed by atoms with van der Waals surface area (Å²) in [5.41, 5.74) is -1.50. The standard InChI is InChI=1S/C7H14N2O4/c1-4-7(5-2,6(10)11)9(12)8-13-3/h4-5H2,1-3H3,(H,10,11)/b9-8-. The predicted octanol–water partition coefficient (Wildman–Crippen LogP) is 1.15. The van der Waals surface area contributed by atoms with E-state index in [4.69, 9.17) is 5.11 Å². The maximum absolute atomic E-state index is 11.2. The van der Waals surface area contributed by atoms with Crippen LogP contribution in [-0.4, -0.2) is 28.6 Å². The maximum Gasteiger partial charge on any atom is 0.380 e. The van der Waals surface area contributed by atoms with E-state index in [1.165, 1.54) is 7.11 Å². The number of hydrogen-bond donors (Lipinski definition) is 1. The summed E-state index contributed by atoms with van der Waals surface area (Å²) in [7, 11) is 1.20. The van der Waals surface area contributed by atoms with E-state index >= 15 is 0 Å². The smallest absolute Gasteiger partial charge is 0.380 e. The molecule has 0 aromatic heterocycles. The Hall–Kier alpha value is -1.33. The van der Waals surface area contributed by atoms with Gasteiger partial charge in [-0.25, -0.2) is 4.79 Å². The van der Waals surface area contributed by atoms with Crippen molar-refractivity contribution in [3.63, 3.8) is 0 Å². The molecule has 0 aliphatic heterocycles. The van der Waals surface area contributed by atoms with E-state index < -0.39 is 11.5 Å². The minimum absolute atomic E-state index is 0.106. The van der Waals surface area contributed by atoms with Gasteiger partial charge in [-0.3, -0.25) is 0 Å². The molecule has 6 heteroatoms. The molecule has 0 aromatic carbocycles. The second kappa shape index (κ2) is 4.64. The van der Waals surface area contributed by atoms with Gasteiger partial charge in [0.15, 0.2) is 0 Å². The summed E-state index contributed by atoms with van der Waals surface area (Å²) in [6.45, 7) is 3.24. The van der Waals surface area contributed by atoms with E-state index in [-0.39, 0.29) is 17.7 Å². The molecular formula is C7H14N2O4. The Bertz CT molecular complexity index is 211. The molecule has 0 amide bonds. The average Bonchev–Trinajstić information content (AvgIpc) is 2.07. The van der Waals surface area contributed by atoms with Gasteiger partial charge in [0.1, 0.15) is 7.11 Å². The van der Waals surface area contributed by atoms with Gasteiger partial charge in [0.25, 0.3) is 5.54 Å². The van der Waals surface area contributed by atoms with Crippen LogP contribution in [0.5, 0.6) is 0 Å². The van der Waals surface area contributed by atoms with Crippen molar-refractivity contribution < 1.29 is 19.6 Å². The van der Waals surface area contributed by atoms with E-state index in [2.05, 4.69) is 10.1 Å². The summed E-state index contributed by atoms with van der Waals surface area (Å²) in [5, 5.41) is 23.1. The summed E-state index contributed by atoms with van der Waals surface area (Å²) in [4.78, 5) is 15.2. The Morgan fingerprint density at radius 3 is 2.31 bits per heavy atom. The highest BCUT2D eigenvalue weighted by atomic mass is 16.7. The second-order valence-electron chi connectivity index (χ2n) is 2.58. The lowest BCUT2D eigenvalue weighted by molar-refractivity contribution is -0.620. The van der Waals surface area contributed by atoms with Crippen molar-refractivity contribution in [1.29, 1.82) is 0 Å². The predicted molar refractivity (Wildman–Crippen MR) is 44.0 cm³/mol. The number of carboxylic acids is 1. The average molecular weight is 190 g/mol. The number of nitrogens with zero attached hydrogens (tertiary/aromatic N) is 2. The Morgan fingerprint density at radius 1 is 1.62 bits per heavy atom. The molecule has 0 saturated heterocycles. The van der Waals surface area contributed by atoms with Crippen LogP contribution in [0, 0.1) is 5.21 Å². The van der Waals surface area contributed by atoms with Crippen LogP contribution < -0.4 is 0 Å². The van der Waals surface area contributed by atoms with Gasteiger partial charge in [0.05, 0.1) is 0 Å². The summed E-state index contributed by atoms with van der Waals surface area (Å²) in [6, 6.07) is 0. The summed E-state index contributed by atoms with van der Waals surface area (Å²) < 4.78 is 0. The highest BCUT2D eigenvalue weighted by Gasteiger charge is 2.46. The van der Waals surface area contributed by atoms with Crippen LogP contribution in [0.1, 0.15) is 26.7 Å². The first-order valence-corrected chi connectivity index (χ1v) is 4.00. The lowest BCUT2D eigenvalue weighted by Gasteiger charge is -2.20. The molecule has 0 saturated carbocycles. The number of hydroxylamine groups is 1. The molecule has 0 aromatic rings. The second-order valence-corrected chi connectivity index (χ2v) is 2.58. The van der Waals surface area contributed by atoms with Crippen LogP contribution in [0.15, 0.2) is 5.28 Å². The van der Waals surface area contributed by atoms with Crippen molar-refractivity contribution in [2.45, 2.75) is 32.2 Å². The van der Waals surface area contributed by atoms with Crippen LogP contribution in [0.25, 0.3) is 0 Å². The highest BCUT2D eigenvalue weighted by molar-refractivity contribution is 5.76. The van der Waals surface area contributed by atoms with Gasteiger partial charge < -0.3 is 15.2 Å². The monoisotopic (exact) mass is 190 g/mol. The number of carboxylic acid groups (broad SMARTS) is 1. The van der Waals surface area contributed by atoms with Gasteiger partial charge >= 0.3 is 5.97 Å². The summed E-state index contributed by atoms with van der Waals surface area (Å²) in [5.74, 6) is -1.19. The molecule has 0 radical (unpaired) electrons. The number of aliphatic carboxylic acids is 1. The number of rotatable bonds is 5. The fourth-order valence-electron chi connectivity index (χ4n) is 1.06. The first-order chi connectivity index (χ1) is 6.05. The van der Waals surface area contributed by atoms with E-state index in [1.54, 1.807) is 13.8 Å². The van der Waals surface area contributed by atoms with E-state index in [1.807, 2.05) is 0 Å². The number of hydrogen-bond acceptors (Lipinski definition) is 4. The van der Waals surface area contributed by atoms with Crippen molar-refractivity contribution >= 4 is 5.97 Å². The quantitative estimate of drug-likeness (QED) is 0.400. The molecule has 13 heavy (non-hydrogen) atoms. The maximum atomic E-state index is 11.2. The third kappa shape index (κ3) is 2.07. The van der Waals surface area contributed by atoms with Crippen LogP contribution in [0.4, 0.5) is 0 Å². The van der Waals surface area contributed by atoms with E-state index in [0.717, 1.165) is 0 Å². The molecule has 6 nitrogen and oxygen atoms in total. The first kappa shape index (κ1) is 11.7. The Balaban J connectivity index is 4.97. The van der Waals surface area contributed by atoms with E-state index in [9.17, 15) is 10.0 Å². The van der Waals surface area contributed by atoms with Gasteiger partial charge in [-0.2, -0.15) is 0 Å². The van der Waals surface area contributed by atoms with Crippen LogP contribution in [0.3, 0.4) is 0 Å². The topological polar surface area (TPSA) is 85.0 Å². The minimum atomic E-state index is -1.50. The molecule has 0 bridgehead atoms. The highest BCUT2D eigenvalue weighted by Crippen LogP contribution is 2.20. The Morgan fingerprint density at radius 2 is 2.08 bits per heavy atom. The molecule has 0 atom stereocenters. The molecule has 0 heterocycles. The SMILES string of the molecule is CCC(CC)(C(=O)O)/[N+]([O-])=N/OC. The Kier molecular flexibility index (Phi) is 4.16. The van der Waals surface area contributed by atoms with Crippen LogP contribution in [0.2, 0.25) is 0 Å². The zero-order valence-electron chi connectivity index (χ0n) is 7.98. The van der Waals surface area contributed by atoms with Crippen LogP contribution >= 0.6 is 0 Å². The molecule has 0 unspecified atom stereocenters. The van der Waals surface area contributed by atoms with Gasteiger partial charge in [0.2, 0.25) is 5.28 Å². The fraction of sp³-hybridized carbons (Fsp3) is 0.857. The summed E-state index contributed by atoms with van der Waals surface area (Å²) in [6.07, 6.45) is 0.352. The third-order valence-corrected chi connectivity index (χ3v) is 2.09. The summed E-state index contributed by atoms with van der Waals surface area (Å²) >= 11 is 0. The molecule has 0 rings (SSSR count). The van der Waals surface area contributed by atoms with Crippen LogP contribution in [-0.2, 0) is 9.63 Å². The lowest BCUT2D eigenvalue weighted by atomic mass is 9.94. The molecule has 76 valence electrons. The molecule has 1 N–H and O–H groups in total. The fourth-order valence-corrected chi connectivity index (χ4v) is 1.06. The molecule has 0 aliphatic carbocycles. The van der Waals surface area contributed by atoms with Crippen molar-refractivity contribution in [2.24, 2.45) is 5.28 Å². The van der Waals surface area contributed by atoms with Gasteiger partial charge in [-0.05, 0) is 4.86 Å². The normalized spacial score (nSPS) is 12.7. The number of carbonyl (C=O) groups is 1. The zero-order chi connectivity index (χ0) is 10.5. The largest absolute Gasteiger partial charge is 0.596 e. The molecule has 0 spiro atoms. The minimum Gasteiger partial charge on any atom is -0.596 e. The third-order valence-electron chi connectivity index (χ3n) is 2.09. The zero-order valence-corrected chi connectivity index (χ0v) is 7.98. The lowest BCUT2D eigenvalue weighted by Crippen LogP contribution is -2.45. The van der Waals surface area contributed by atoms with Crippen molar-refractivity contribution in [1.82, 2.24) is 0 Å². The molecule has 0 fully saturated rings. The van der Waals surface area contributed by atoms with Crippen molar-refractivity contribution in [3.8, 4) is 0 Å². The molecule has 0 aliphatic rings. The van der Waals surface area contributed by atoms with Crippen molar-refractivity contribution in [2.75, 3.05) is 7.11 Å². The molecular weight excluding hydrogens is 176 g/mol. The van der Waals surface area contributed by atoms with Gasteiger partial charge in [-0.1, -0.05) is 13.8 Å². The first-order valence-electron chi connectivity index (χ1n) is 4.00.